The highest BCUT2D eigenvalue weighted by Crippen LogP contribution is 2.25. The van der Waals surface area contributed by atoms with Gasteiger partial charge in [-0.3, -0.25) is 0 Å². The van der Waals surface area contributed by atoms with E-state index >= 15 is 0 Å². The van der Waals surface area contributed by atoms with Crippen molar-refractivity contribution in [1.82, 2.24) is 10.3 Å². The molecular weight excluding hydrogens is 314 g/mol. The van der Waals surface area contributed by atoms with Gasteiger partial charge < -0.3 is 15.0 Å². The molecule has 0 aromatic carbocycles. The van der Waals surface area contributed by atoms with Gasteiger partial charge >= 0.3 is 5.97 Å². The second-order valence-corrected chi connectivity index (χ2v) is 7.32. The van der Waals surface area contributed by atoms with Crippen LogP contribution >= 0.6 is 0 Å². The number of hydrogen-bond donors (Lipinski definition) is 1. The van der Waals surface area contributed by atoms with E-state index in [2.05, 4.69) is 22.1 Å². The van der Waals surface area contributed by atoms with Crippen LogP contribution in [0.5, 0.6) is 0 Å². The van der Waals surface area contributed by atoms with Crippen molar-refractivity contribution in [2.24, 2.45) is 0 Å². The van der Waals surface area contributed by atoms with Gasteiger partial charge in [-0.15, -0.1) is 0 Å². The third kappa shape index (κ3) is 4.51. The summed E-state index contributed by atoms with van der Waals surface area (Å²) in [5, 5.41) is 3.86. The van der Waals surface area contributed by atoms with Crippen molar-refractivity contribution < 1.29 is 9.53 Å². The number of anilines is 1. The molecule has 2 fully saturated rings. The van der Waals surface area contributed by atoms with Crippen molar-refractivity contribution in [3.8, 4) is 0 Å². The molecule has 1 saturated heterocycles. The van der Waals surface area contributed by atoms with Crippen LogP contribution in [-0.4, -0.2) is 43.2 Å². The predicted octanol–water partition coefficient (Wildman–Crippen LogP) is 3.32. The highest BCUT2D eigenvalue weighted by atomic mass is 16.5. The number of methoxy groups -OCH3 is 1. The number of carbonyl (C=O) groups excluding carboxylic acids is 1. The second-order valence-electron chi connectivity index (χ2n) is 7.32. The van der Waals surface area contributed by atoms with Crippen LogP contribution in [0.3, 0.4) is 0 Å². The average Bonchev–Trinajstić information content (AvgIpc) is 2.68. The monoisotopic (exact) mass is 345 g/mol. The molecule has 1 aromatic heterocycles. The van der Waals surface area contributed by atoms with E-state index in [0.29, 0.717) is 17.6 Å². The van der Waals surface area contributed by atoms with Gasteiger partial charge in [-0.2, -0.15) is 0 Å². The molecule has 0 atom stereocenters. The molecule has 5 nitrogen and oxygen atoms in total. The highest BCUT2D eigenvalue weighted by molar-refractivity contribution is 5.95. The maximum absolute atomic E-state index is 12.2. The molecule has 0 bridgehead atoms. The molecule has 2 aliphatic rings. The Kier molecular flexibility index (Phi) is 6.29. The number of aryl methyl sites for hydroxylation is 1. The van der Waals surface area contributed by atoms with Gasteiger partial charge in [0.1, 0.15) is 11.4 Å². The smallest absolute Gasteiger partial charge is 0.341 e. The number of carbonyl (C=O) groups is 1. The lowest BCUT2D eigenvalue weighted by atomic mass is 9.93. The maximum Gasteiger partial charge on any atom is 0.341 e. The Balaban J connectivity index is 1.63. The topological polar surface area (TPSA) is 54.5 Å². The zero-order chi connectivity index (χ0) is 17.6. The van der Waals surface area contributed by atoms with Crippen molar-refractivity contribution in [3.63, 3.8) is 0 Å². The Morgan fingerprint density at radius 1 is 1.20 bits per heavy atom. The van der Waals surface area contributed by atoms with Crippen LogP contribution in [0, 0.1) is 0 Å². The zero-order valence-corrected chi connectivity index (χ0v) is 15.6. The van der Waals surface area contributed by atoms with Gasteiger partial charge in [-0.05, 0) is 43.7 Å². The molecule has 0 spiro atoms. The van der Waals surface area contributed by atoms with E-state index < -0.39 is 0 Å². The first-order chi connectivity index (χ1) is 12.2. The minimum atomic E-state index is -0.291. The lowest BCUT2D eigenvalue weighted by molar-refractivity contribution is 0.0601. The second kappa shape index (κ2) is 8.65. The SMILES string of the molecule is CCc1cnc(N2CCC(NC3CCCCC3)CC2)c(C(=O)OC)c1. The van der Waals surface area contributed by atoms with E-state index in [9.17, 15) is 4.79 Å². The molecule has 25 heavy (non-hydrogen) atoms. The molecule has 1 saturated carbocycles. The Morgan fingerprint density at radius 2 is 1.88 bits per heavy atom. The summed E-state index contributed by atoms with van der Waals surface area (Å²) in [6.45, 7) is 3.94. The van der Waals surface area contributed by atoms with Crippen molar-refractivity contribution in [2.75, 3.05) is 25.1 Å². The van der Waals surface area contributed by atoms with E-state index in [4.69, 9.17) is 4.74 Å². The minimum absolute atomic E-state index is 0.291. The summed E-state index contributed by atoms with van der Waals surface area (Å²) < 4.78 is 4.97. The van der Waals surface area contributed by atoms with Crippen LogP contribution in [0.15, 0.2) is 12.3 Å². The van der Waals surface area contributed by atoms with Gasteiger partial charge in [0.05, 0.1) is 7.11 Å². The fourth-order valence-corrected chi connectivity index (χ4v) is 4.07. The van der Waals surface area contributed by atoms with Gasteiger partial charge in [-0.1, -0.05) is 26.2 Å². The first-order valence-electron chi connectivity index (χ1n) is 9.79. The van der Waals surface area contributed by atoms with Crippen molar-refractivity contribution >= 4 is 11.8 Å². The standard InChI is InChI=1S/C20H31N3O2/c1-3-15-13-18(20(24)25-2)19(21-14-15)23-11-9-17(10-12-23)22-16-7-5-4-6-8-16/h13-14,16-17,22H,3-12H2,1-2H3. The molecular formula is C20H31N3O2. The fourth-order valence-electron chi connectivity index (χ4n) is 4.07. The average molecular weight is 345 g/mol. The lowest BCUT2D eigenvalue weighted by Crippen LogP contribution is -2.47. The predicted molar refractivity (Wildman–Crippen MR) is 100 cm³/mol. The Hall–Kier alpha value is -1.62. The van der Waals surface area contributed by atoms with Crippen LogP contribution in [0.2, 0.25) is 0 Å². The Morgan fingerprint density at radius 3 is 2.52 bits per heavy atom. The normalized spacial score (nSPS) is 19.8. The fraction of sp³-hybridized carbons (Fsp3) is 0.700. The lowest BCUT2D eigenvalue weighted by Gasteiger charge is -2.36. The first-order valence-corrected chi connectivity index (χ1v) is 9.79. The number of nitrogens with zero attached hydrogens (tertiary/aromatic N) is 2. The molecule has 0 amide bonds. The van der Waals surface area contributed by atoms with Crippen LogP contribution in [-0.2, 0) is 11.2 Å². The number of esters is 1. The van der Waals surface area contributed by atoms with E-state index in [-0.39, 0.29) is 5.97 Å². The summed E-state index contributed by atoms with van der Waals surface area (Å²) in [6, 6.07) is 3.23. The molecule has 0 unspecified atom stereocenters. The Labute approximate surface area is 151 Å². The third-order valence-corrected chi connectivity index (χ3v) is 5.61. The molecule has 1 aromatic rings. The van der Waals surface area contributed by atoms with E-state index in [0.717, 1.165) is 43.7 Å². The van der Waals surface area contributed by atoms with Crippen LogP contribution in [0.4, 0.5) is 5.82 Å². The van der Waals surface area contributed by atoms with Gasteiger partial charge in [0.2, 0.25) is 0 Å². The van der Waals surface area contributed by atoms with Crippen molar-refractivity contribution in [2.45, 2.75) is 70.4 Å². The molecule has 138 valence electrons. The molecule has 3 rings (SSSR count). The van der Waals surface area contributed by atoms with Gasteiger partial charge in [0.25, 0.3) is 0 Å². The summed E-state index contributed by atoms with van der Waals surface area (Å²) in [6.07, 6.45) is 11.7. The van der Waals surface area contributed by atoms with Crippen molar-refractivity contribution in [3.05, 3.63) is 23.4 Å². The number of ether oxygens (including phenoxy) is 1. The molecule has 5 heteroatoms. The Bertz CT molecular complexity index is 576. The summed E-state index contributed by atoms with van der Waals surface area (Å²) in [5.74, 6) is 0.487. The number of pyridine rings is 1. The van der Waals surface area contributed by atoms with Crippen LogP contribution in [0.25, 0.3) is 0 Å². The molecule has 1 aliphatic carbocycles. The minimum Gasteiger partial charge on any atom is -0.465 e. The highest BCUT2D eigenvalue weighted by Gasteiger charge is 2.26. The zero-order valence-electron chi connectivity index (χ0n) is 15.6. The number of aromatic nitrogens is 1. The number of piperidine rings is 1. The molecule has 1 N–H and O–H groups in total. The van der Waals surface area contributed by atoms with Crippen LogP contribution < -0.4 is 10.2 Å². The van der Waals surface area contributed by atoms with E-state index in [1.165, 1.54) is 39.2 Å². The number of hydrogen-bond acceptors (Lipinski definition) is 5. The third-order valence-electron chi connectivity index (χ3n) is 5.61. The first kappa shape index (κ1) is 18.2. The molecule has 2 heterocycles. The summed E-state index contributed by atoms with van der Waals surface area (Å²) in [7, 11) is 1.44. The van der Waals surface area contributed by atoms with Gasteiger partial charge in [0, 0.05) is 31.4 Å². The van der Waals surface area contributed by atoms with Crippen LogP contribution in [0.1, 0.15) is 67.8 Å². The molecule has 0 radical (unpaired) electrons. The van der Waals surface area contributed by atoms with E-state index in [1.807, 2.05) is 12.3 Å². The van der Waals surface area contributed by atoms with Crippen molar-refractivity contribution in [1.29, 1.82) is 0 Å². The molecule has 1 aliphatic heterocycles. The number of rotatable bonds is 5. The summed E-state index contributed by atoms with van der Waals surface area (Å²) in [5.41, 5.74) is 1.67. The maximum atomic E-state index is 12.2. The summed E-state index contributed by atoms with van der Waals surface area (Å²) >= 11 is 0. The largest absolute Gasteiger partial charge is 0.465 e. The summed E-state index contributed by atoms with van der Waals surface area (Å²) in [4.78, 5) is 19.0. The van der Waals surface area contributed by atoms with E-state index in [1.54, 1.807) is 0 Å². The number of nitrogens with one attached hydrogen (secondary N) is 1. The van der Waals surface area contributed by atoms with Gasteiger partial charge in [0.15, 0.2) is 0 Å². The van der Waals surface area contributed by atoms with Gasteiger partial charge in [-0.25, -0.2) is 9.78 Å². The quantitative estimate of drug-likeness (QED) is 0.830.